The molecule has 4 aromatic rings. The standard InChI is InChI=1S/C21H20N4O2/c1-12-6-7-13(2)24(12)21-19(20(22)23)18-16(4-3-5-17(18)27)25(21)14-8-10-15(26)11-9-14/h3-11,26-27H,1-2H3,(H3,22,23). The lowest BCUT2D eigenvalue weighted by molar-refractivity contribution is 0.475. The van der Waals surface area contributed by atoms with Crippen LogP contribution < -0.4 is 5.73 Å². The molecular formula is C21H20N4O2. The number of phenols is 2. The van der Waals surface area contributed by atoms with Gasteiger partial charge < -0.3 is 20.5 Å². The highest BCUT2D eigenvalue weighted by Gasteiger charge is 2.25. The van der Waals surface area contributed by atoms with E-state index in [9.17, 15) is 10.2 Å². The average molecular weight is 360 g/mol. The molecular weight excluding hydrogens is 340 g/mol. The number of aromatic hydroxyl groups is 2. The molecule has 0 spiro atoms. The molecule has 0 radical (unpaired) electrons. The van der Waals surface area contributed by atoms with Crippen molar-refractivity contribution in [2.24, 2.45) is 5.73 Å². The number of nitrogens with zero attached hydrogens (tertiary/aromatic N) is 2. The molecule has 5 N–H and O–H groups in total. The summed E-state index contributed by atoms with van der Waals surface area (Å²) in [5.74, 6) is 0.796. The topological polar surface area (TPSA) is 100 Å². The van der Waals surface area contributed by atoms with E-state index in [4.69, 9.17) is 11.1 Å². The van der Waals surface area contributed by atoms with Gasteiger partial charge in [0.2, 0.25) is 0 Å². The van der Waals surface area contributed by atoms with Crippen LogP contribution in [-0.2, 0) is 0 Å². The minimum Gasteiger partial charge on any atom is -0.508 e. The first-order chi connectivity index (χ1) is 12.9. The van der Waals surface area contributed by atoms with E-state index in [2.05, 4.69) is 0 Å². The van der Waals surface area contributed by atoms with Crippen LogP contribution >= 0.6 is 0 Å². The van der Waals surface area contributed by atoms with E-state index in [-0.39, 0.29) is 17.3 Å². The van der Waals surface area contributed by atoms with Crippen molar-refractivity contribution < 1.29 is 10.2 Å². The van der Waals surface area contributed by atoms with Crippen LogP contribution in [0.5, 0.6) is 11.5 Å². The predicted molar refractivity (Wildman–Crippen MR) is 106 cm³/mol. The van der Waals surface area contributed by atoms with Crippen LogP contribution in [0.2, 0.25) is 0 Å². The molecule has 4 rings (SSSR count). The first-order valence-electron chi connectivity index (χ1n) is 8.55. The Morgan fingerprint density at radius 3 is 2.11 bits per heavy atom. The van der Waals surface area contributed by atoms with Crippen molar-refractivity contribution >= 4 is 16.7 Å². The molecule has 2 aromatic heterocycles. The zero-order chi connectivity index (χ0) is 19.3. The molecule has 0 saturated heterocycles. The van der Waals surface area contributed by atoms with Crippen LogP contribution in [0.25, 0.3) is 22.4 Å². The van der Waals surface area contributed by atoms with Gasteiger partial charge in [0.15, 0.2) is 0 Å². The van der Waals surface area contributed by atoms with Gasteiger partial charge in [-0.2, -0.15) is 0 Å². The molecule has 136 valence electrons. The van der Waals surface area contributed by atoms with Gasteiger partial charge in [-0.15, -0.1) is 0 Å². The molecule has 2 aromatic carbocycles. The van der Waals surface area contributed by atoms with Crippen LogP contribution in [0.3, 0.4) is 0 Å². The van der Waals surface area contributed by atoms with E-state index >= 15 is 0 Å². The van der Waals surface area contributed by atoms with E-state index in [0.717, 1.165) is 22.6 Å². The molecule has 0 atom stereocenters. The smallest absolute Gasteiger partial charge is 0.134 e. The average Bonchev–Trinajstić information content (AvgIpc) is 3.13. The van der Waals surface area contributed by atoms with Crippen LogP contribution in [0.1, 0.15) is 17.0 Å². The van der Waals surface area contributed by atoms with Crippen molar-refractivity contribution in [3.8, 4) is 23.0 Å². The number of fused-ring (bicyclic) bond motifs is 1. The third kappa shape index (κ3) is 2.45. The maximum absolute atomic E-state index is 10.6. The summed E-state index contributed by atoms with van der Waals surface area (Å²) in [6.45, 7) is 3.96. The summed E-state index contributed by atoms with van der Waals surface area (Å²) in [5, 5.41) is 29.0. The molecule has 0 bridgehead atoms. The Labute approximate surface area is 156 Å². The fraction of sp³-hybridized carbons (Fsp3) is 0.0952. The summed E-state index contributed by atoms with van der Waals surface area (Å²) in [6.07, 6.45) is 0. The van der Waals surface area contributed by atoms with Crippen LogP contribution in [0.4, 0.5) is 0 Å². The predicted octanol–water partition coefficient (Wildman–Crippen LogP) is 3.73. The van der Waals surface area contributed by atoms with Gasteiger partial charge in [0.1, 0.15) is 23.2 Å². The highest BCUT2D eigenvalue weighted by Crippen LogP contribution is 2.38. The van der Waals surface area contributed by atoms with Crippen molar-refractivity contribution in [2.45, 2.75) is 13.8 Å². The molecule has 2 heterocycles. The summed E-state index contributed by atoms with van der Waals surface area (Å²) in [7, 11) is 0. The molecule has 0 aliphatic heterocycles. The number of hydrogen-bond donors (Lipinski definition) is 4. The van der Waals surface area contributed by atoms with Crippen molar-refractivity contribution in [3.05, 3.63) is 71.5 Å². The second kappa shape index (κ2) is 5.95. The van der Waals surface area contributed by atoms with E-state index < -0.39 is 0 Å². The van der Waals surface area contributed by atoms with Gasteiger partial charge in [0.05, 0.1) is 16.5 Å². The SMILES string of the molecule is Cc1ccc(C)n1-c1c(C(=N)N)c2c(O)cccc2n1-c1ccc(O)cc1. The third-order valence-corrected chi connectivity index (χ3v) is 4.81. The van der Waals surface area contributed by atoms with Gasteiger partial charge in [0, 0.05) is 17.1 Å². The Morgan fingerprint density at radius 1 is 0.889 bits per heavy atom. The van der Waals surface area contributed by atoms with Crippen molar-refractivity contribution in [3.63, 3.8) is 0 Å². The minimum atomic E-state index is -0.124. The Hall–Kier alpha value is -3.67. The Morgan fingerprint density at radius 2 is 1.52 bits per heavy atom. The second-order valence-electron chi connectivity index (χ2n) is 6.59. The number of benzene rings is 2. The summed E-state index contributed by atoms with van der Waals surface area (Å²) < 4.78 is 3.97. The van der Waals surface area contributed by atoms with Gasteiger partial charge in [-0.25, -0.2) is 0 Å². The van der Waals surface area contributed by atoms with Gasteiger partial charge in [-0.1, -0.05) is 6.07 Å². The van der Waals surface area contributed by atoms with Gasteiger partial charge >= 0.3 is 0 Å². The number of hydrogen-bond acceptors (Lipinski definition) is 3. The normalized spacial score (nSPS) is 11.2. The van der Waals surface area contributed by atoms with Crippen LogP contribution in [0.15, 0.2) is 54.6 Å². The highest BCUT2D eigenvalue weighted by atomic mass is 16.3. The number of phenolic OH excluding ortho intramolecular Hbond substituents is 2. The summed E-state index contributed by atoms with van der Waals surface area (Å²) in [4.78, 5) is 0. The summed E-state index contributed by atoms with van der Waals surface area (Å²) in [6, 6.07) is 16.0. The minimum absolute atomic E-state index is 0.0685. The van der Waals surface area contributed by atoms with E-state index in [1.54, 1.807) is 36.4 Å². The van der Waals surface area contributed by atoms with Crippen LogP contribution in [-0.4, -0.2) is 25.2 Å². The van der Waals surface area contributed by atoms with Gasteiger partial charge in [0.25, 0.3) is 0 Å². The van der Waals surface area contributed by atoms with Gasteiger partial charge in [-0.05, 0) is 62.4 Å². The molecule has 0 fully saturated rings. The molecule has 0 amide bonds. The maximum atomic E-state index is 10.6. The first kappa shape index (κ1) is 16.8. The fourth-order valence-corrected chi connectivity index (χ4v) is 3.64. The number of nitrogens with one attached hydrogen (secondary N) is 1. The van der Waals surface area contributed by atoms with Crippen molar-refractivity contribution in [1.29, 1.82) is 5.41 Å². The molecule has 0 saturated carbocycles. The lowest BCUT2D eigenvalue weighted by Crippen LogP contribution is -2.16. The highest BCUT2D eigenvalue weighted by molar-refractivity contribution is 6.13. The Bertz CT molecular complexity index is 1160. The Balaban J connectivity index is 2.25. The van der Waals surface area contributed by atoms with E-state index in [1.807, 2.05) is 41.2 Å². The zero-order valence-electron chi connectivity index (χ0n) is 15.1. The Kier molecular flexibility index (Phi) is 3.70. The fourth-order valence-electron chi connectivity index (χ4n) is 3.64. The molecule has 0 unspecified atom stereocenters. The van der Waals surface area contributed by atoms with Crippen molar-refractivity contribution in [2.75, 3.05) is 0 Å². The number of nitrogen functional groups attached to an aromatic ring is 1. The summed E-state index contributed by atoms with van der Waals surface area (Å²) in [5.41, 5.74) is 9.94. The summed E-state index contributed by atoms with van der Waals surface area (Å²) >= 11 is 0. The number of nitrogens with two attached hydrogens (primary N) is 1. The molecule has 6 heteroatoms. The third-order valence-electron chi connectivity index (χ3n) is 4.81. The largest absolute Gasteiger partial charge is 0.508 e. The monoisotopic (exact) mass is 360 g/mol. The molecule has 6 nitrogen and oxygen atoms in total. The maximum Gasteiger partial charge on any atom is 0.134 e. The van der Waals surface area contributed by atoms with E-state index in [0.29, 0.717) is 16.8 Å². The lowest BCUT2D eigenvalue weighted by Gasteiger charge is -2.16. The lowest BCUT2D eigenvalue weighted by atomic mass is 10.1. The molecule has 0 aliphatic carbocycles. The number of amidine groups is 1. The zero-order valence-corrected chi connectivity index (χ0v) is 15.1. The molecule has 27 heavy (non-hydrogen) atoms. The number of rotatable bonds is 3. The molecule has 0 aliphatic rings. The number of aromatic nitrogens is 2. The first-order valence-corrected chi connectivity index (χ1v) is 8.55. The van der Waals surface area contributed by atoms with Crippen molar-refractivity contribution in [1.82, 2.24) is 9.13 Å². The number of aryl methyl sites for hydroxylation is 2. The quantitative estimate of drug-likeness (QED) is 0.331. The van der Waals surface area contributed by atoms with E-state index in [1.165, 1.54) is 0 Å². The van der Waals surface area contributed by atoms with Crippen LogP contribution in [0, 0.1) is 19.3 Å². The van der Waals surface area contributed by atoms with Gasteiger partial charge in [-0.3, -0.25) is 9.98 Å². The second-order valence-corrected chi connectivity index (χ2v) is 6.59.